The molecule has 1 aromatic carbocycles. The number of aromatic nitrogens is 1. The average molecular weight is 540 g/mol. The minimum Gasteiger partial charge on any atom is -0.502 e. The molecular formula is C23H23ClFN3O7S. The van der Waals surface area contributed by atoms with Crippen molar-refractivity contribution >= 4 is 33.5 Å². The second-order valence-electron chi connectivity index (χ2n) is 9.23. The van der Waals surface area contributed by atoms with Crippen LogP contribution in [0.25, 0.3) is 0 Å². The van der Waals surface area contributed by atoms with Crippen molar-refractivity contribution in [3.63, 3.8) is 0 Å². The summed E-state index contributed by atoms with van der Waals surface area (Å²) in [5, 5.41) is 10.7. The molecule has 1 aliphatic carbocycles. The van der Waals surface area contributed by atoms with Crippen molar-refractivity contribution in [2.75, 3.05) is 26.0 Å². The molecular weight excluding hydrogens is 517 g/mol. The first kappa shape index (κ1) is 24.7. The third-order valence-corrected chi connectivity index (χ3v) is 7.58. The Morgan fingerprint density at radius 2 is 1.92 bits per heavy atom. The van der Waals surface area contributed by atoms with Gasteiger partial charge in [-0.1, -0.05) is 17.7 Å². The van der Waals surface area contributed by atoms with E-state index in [2.05, 4.69) is 0 Å². The standard InChI is InChI=1S/C23H23ClFN3O7S/c1-36(33,34)35-9-8-27-20(13-3-4-13)28-18(22(27)31)14-6-7-26(21(30)17(14)19(29)23(28)32)11-12-2-5-16(25)15(24)10-12/h2,5,10,13,20,29H,3-4,6-9,11H2,1H3. The van der Waals surface area contributed by atoms with E-state index < -0.39 is 45.2 Å². The number of rotatable bonds is 7. The van der Waals surface area contributed by atoms with Crippen molar-refractivity contribution in [1.29, 1.82) is 0 Å². The summed E-state index contributed by atoms with van der Waals surface area (Å²) in [5.74, 6) is -2.48. The monoisotopic (exact) mass is 539 g/mol. The Morgan fingerprint density at radius 1 is 1.19 bits per heavy atom. The molecule has 0 saturated heterocycles. The number of hydrogen-bond donors (Lipinski definition) is 1. The van der Waals surface area contributed by atoms with Gasteiger partial charge in [-0.2, -0.15) is 8.42 Å². The number of amides is 2. The van der Waals surface area contributed by atoms with Crippen molar-refractivity contribution in [1.82, 2.24) is 14.4 Å². The summed E-state index contributed by atoms with van der Waals surface area (Å²) in [6, 6.07) is 4.08. The van der Waals surface area contributed by atoms with Crippen LogP contribution in [0.4, 0.5) is 4.39 Å². The lowest BCUT2D eigenvalue weighted by atomic mass is 9.95. The van der Waals surface area contributed by atoms with Crippen molar-refractivity contribution in [3.05, 3.63) is 61.8 Å². The highest BCUT2D eigenvalue weighted by Gasteiger charge is 2.49. The van der Waals surface area contributed by atoms with Crippen molar-refractivity contribution in [3.8, 4) is 5.75 Å². The zero-order valence-electron chi connectivity index (χ0n) is 19.2. The predicted octanol–water partition coefficient (Wildman–Crippen LogP) is 1.89. The molecule has 2 aliphatic heterocycles. The fourth-order valence-electron chi connectivity index (χ4n) is 4.98. The highest BCUT2D eigenvalue weighted by Crippen LogP contribution is 2.46. The maximum absolute atomic E-state index is 13.5. The summed E-state index contributed by atoms with van der Waals surface area (Å²) < 4.78 is 42.3. The molecule has 0 bridgehead atoms. The SMILES string of the molecule is CS(=O)(=O)OCCN1C(=O)c2c3c(c(O)c(=O)n2C1C1CC1)C(=O)N(Cc1ccc(F)c(Cl)c1)CC3. The molecule has 3 aliphatic rings. The molecule has 1 saturated carbocycles. The number of hydrogen-bond acceptors (Lipinski definition) is 7. The number of benzene rings is 1. The van der Waals surface area contributed by atoms with Gasteiger partial charge in [0.1, 0.15) is 17.7 Å². The van der Waals surface area contributed by atoms with Gasteiger partial charge in [-0.3, -0.25) is 23.1 Å². The summed E-state index contributed by atoms with van der Waals surface area (Å²) in [5.41, 5.74) is -0.171. The van der Waals surface area contributed by atoms with Gasteiger partial charge in [0.25, 0.3) is 27.5 Å². The second kappa shape index (κ2) is 8.86. The molecule has 13 heteroatoms. The fraction of sp³-hybridized carbons (Fsp3) is 0.435. The van der Waals surface area contributed by atoms with Crippen molar-refractivity contribution in [2.24, 2.45) is 5.92 Å². The van der Waals surface area contributed by atoms with E-state index in [9.17, 15) is 32.3 Å². The van der Waals surface area contributed by atoms with Crippen LogP contribution in [0.5, 0.6) is 5.75 Å². The van der Waals surface area contributed by atoms with Crippen LogP contribution in [0.1, 0.15) is 51.0 Å². The lowest BCUT2D eigenvalue weighted by molar-refractivity contribution is 0.0627. The Bertz CT molecular complexity index is 1450. The molecule has 10 nitrogen and oxygen atoms in total. The van der Waals surface area contributed by atoms with Gasteiger partial charge in [0, 0.05) is 25.2 Å². The van der Waals surface area contributed by atoms with Crippen LogP contribution < -0.4 is 5.56 Å². The smallest absolute Gasteiger partial charge is 0.295 e. The van der Waals surface area contributed by atoms with Crippen LogP contribution >= 0.6 is 11.6 Å². The molecule has 5 rings (SSSR count). The highest BCUT2D eigenvalue weighted by molar-refractivity contribution is 7.85. The van der Waals surface area contributed by atoms with E-state index in [4.69, 9.17) is 15.8 Å². The summed E-state index contributed by atoms with van der Waals surface area (Å²) in [4.78, 5) is 42.9. The van der Waals surface area contributed by atoms with Gasteiger partial charge in [-0.25, -0.2) is 4.39 Å². The van der Waals surface area contributed by atoms with E-state index >= 15 is 0 Å². The maximum atomic E-state index is 13.5. The van der Waals surface area contributed by atoms with Crippen LogP contribution in [-0.4, -0.2) is 65.7 Å². The molecule has 1 unspecified atom stereocenters. The molecule has 1 fully saturated rings. The normalized spacial score (nSPS) is 19.6. The summed E-state index contributed by atoms with van der Waals surface area (Å²) in [6.07, 6.45) is 1.95. The minimum atomic E-state index is -3.72. The number of carbonyl (C=O) groups excluding carboxylic acids is 2. The average Bonchev–Trinajstić information content (AvgIpc) is 3.60. The molecule has 2 amide bonds. The van der Waals surface area contributed by atoms with Gasteiger partial charge < -0.3 is 14.9 Å². The zero-order valence-corrected chi connectivity index (χ0v) is 20.8. The molecule has 3 heterocycles. The van der Waals surface area contributed by atoms with Crippen LogP contribution in [0.2, 0.25) is 5.02 Å². The third-order valence-electron chi connectivity index (χ3n) is 6.70. The quantitative estimate of drug-likeness (QED) is 0.532. The lowest BCUT2D eigenvalue weighted by Gasteiger charge is -2.30. The number of pyridine rings is 1. The lowest BCUT2D eigenvalue weighted by Crippen LogP contribution is -2.40. The zero-order chi connectivity index (χ0) is 25.9. The van der Waals surface area contributed by atoms with E-state index in [0.29, 0.717) is 5.56 Å². The van der Waals surface area contributed by atoms with E-state index in [-0.39, 0.29) is 60.4 Å². The van der Waals surface area contributed by atoms with E-state index in [1.807, 2.05) is 0 Å². The van der Waals surface area contributed by atoms with E-state index in [1.54, 1.807) is 0 Å². The van der Waals surface area contributed by atoms with Crippen molar-refractivity contribution < 1.29 is 31.7 Å². The molecule has 0 radical (unpaired) electrons. The summed E-state index contributed by atoms with van der Waals surface area (Å²) in [6.45, 7) is -0.0828. The Balaban J connectivity index is 1.50. The molecule has 1 N–H and O–H groups in total. The van der Waals surface area contributed by atoms with Gasteiger partial charge >= 0.3 is 0 Å². The molecule has 0 spiro atoms. The number of aromatic hydroxyl groups is 1. The van der Waals surface area contributed by atoms with Crippen LogP contribution in [0.15, 0.2) is 23.0 Å². The molecule has 36 heavy (non-hydrogen) atoms. The number of nitrogens with zero attached hydrogens (tertiary/aromatic N) is 3. The number of halogens is 2. The maximum Gasteiger partial charge on any atom is 0.295 e. The van der Waals surface area contributed by atoms with Gasteiger partial charge in [-0.15, -0.1) is 0 Å². The van der Waals surface area contributed by atoms with Gasteiger partial charge in [-0.05, 0) is 42.9 Å². The Kier molecular flexibility index (Phi) is 6.08. The van der Waals surface area contributed by atoms with E-state index in [1.165, 1.54) is 32.6 Å². The Morgan fingerprint density at radius 3 is 2.56 bits per heavy atom. The highest BCUT2D eigenvalue weighted by atomic mass is 35.5. The van der Waals surface area contributed by atoms with Crippen LogP contribution in [0.3, 0.4) is 0 Å². The largest absolute Gasteiger partial charge is 0.502 e. The van der Waals surface area contributed by atoms with Crippen LogP contribution in [0, 0.1) is 11.7 Å². The van der Waals surface area contributed by atoms with Gasteiger partial charge in [0.05, 0.1) is 23.4 Å². The first-order chi connectivity index (χ1) is 17.0. The minimum absolute atomic E-state index is 0.0254. The number of fused-ring (bicyclic) bond motifs is 3. The molecule has 1 atom stereocenters. The van der Waals surface area contributed by atoms with Gasteiger partial charge in [0.15, 0.2) is 5.75 Å². The first-order valence-electron chi connectivity index (χ1n) is 11.4. The predicted molar refractivity (Wildman–Crippen MR) is 126 cm³/mol. The van der Waals surface area contributed by atoms with E-state index in [0.717, 1.165) is 19.1 Å². The molecule has 1 aromatic heterocycles. The Hall–Kier alpha value is -2.96. The first-order valence-corrected chi connectivity index (χ1v) is 13.6. The second-order valence-corrected chi connectivity index (χ2v) is 11.3. The molecule has 2 aromatic rings. The van der Waals surface area contributed by atoms with Crippen LogP contribution in [-0.2, 0) is 27.3 Å². The topological polar surface area (TPSA) is 126 Å². The third kappa shape index (κ3) is 4.27. The number of carbonyl (C=O) groups is 2. The fourth-order valence-corrected chi connectivity index (χ4v) is 5.56. The van der Waals surface area contributed by atoms with Gasteiger partial charge in [0.2, 0.25) is 0 Å². The molecule has 192 valence electrons. The summed E-state index contributed by atoms with van der Waals surface area (Å²) >= 11 is 5.85. The summed E-state index contributed by atoms with van der Waals surface area (Å²) in [7, 11) is -3.72. The van der Waals surface area contributed by atoms with Crippen molar-refractivity contribution in [2.45, 2.75) is 32.0 Å². The Labute approximate surface area is 210 Å².